The molecular weight excluding hydrogens is 405 g/mol. The van der Waals surface area contributed by atoms with Crippen molar-refractivity contribution in [1.82, 2.24) is 15.1 Å². The Morgan fingerprint density at radius 3 is 2.07 bits per heavy atom. The normalized spacial score (nSPS) is 18.6. The van der Waals surface area contributed by atoms with E-state index in [0.717, 1.165) is 50.5 Å². The third-order valence-corrected chi connectivity index (χ3v) is 5.62. The van der Waals surface area contributed by atoms with E-state index in [4.69, 9.17) is 14.6 Å². The molecule has 168 valence electrons. The third-order valence-electron chi connectivity index (χ3n) is 5.62. The van der Waals surface area contributed by atoms with E-state index in [0.29, 0.717) is 5.41 Å². The summed E-state index contributed by atoms with van der Waals surface area (Å²) in [5, 5.41) is 15.6. The number of likely N-dealkylation sites (tertiary alicyclic amines) is 1. The number of anilines is 1. The van der Waals surface area contributed by atoms with Crippen molar-refractivity contribution in [1.29, 1.82) is 0 Å². The van der Waals surface area contributed by atoms with Crippen LogP contribution in [0.15, 0.2) is 12.1 Å². The van der Waals surface area contributed by atoms with Crippen LogP contribution in [0.1, 0.15) is 31.4 Å². The Morgan fingerprint density at radius 1 is 1.10 bits per heavy atom. The average molecular weight is 432 g/mol. The summed E-state index contributed by atoms with van der Waals surface area (Å²) in [6.07, 6.45) is -0.518. The Kier molecular flexibility index (Phi) is 7.99. The Labute approximate surface area is 173 Å². The number of carboxylic acid groups (broad SMARTS) is 1. The van der Waals surface area contributed by atoms with Crippen LogP contribution in [0.5, 0.6) is 0 Å². The average Bonchev–Trinajstić information content (AvgIpc) is 2.70. The minimum atomic E-state index is -5.08. The second-order valence-electron chi connectivity index (χ2n) is 7.64. The molecule has 1 aromatic heterocycles. The summed E-state index contributed by atoms with van der Waals surface area (Å²) in [4.78, 5) is 25.1. The predicted molar refractivity (Wildman–Crippen MR) is 102 cm³/mol. The number of alkyl halides is 3. The molecule has 1 aromatic rings. The lowest BCUT2D eigenvalue weighted by Crippen LogP contribution is -2.49. The maximum Gasteiger partial charge on any atom is 0.490 e. The number of carbonyl (C=O) groups excluding carboxylic acids is 1. The molecule has 0 unspecified atom stereocenters. The third kappa shape index (κ3) is 6.54. The van der Waals surface area contributed by atoms with E-state index in [9.17, 15) is 18.0 Å². The van der Waals surface area contributed by atoms with Gasteiger partial charge in [-0.25, -0.2) is 4.79 Å². The maximum atomic E-state index is 11.9. The van der Waals surface area contributed by atoms with Gasteiger partial charge in [0.05, 0.1) is 5.69 Å². The van der Waals surface area contributed by atoms with Crippen LogP contribution in [0.25, 0.3) is 0 Å². The first-order valence-electron chi connectivity index (χ1n) is 9.68. The molecule has 2 aliphatic rings. The first-order valence-corrected chi connectivity index (χ1v) is 9.68. The van der Waals surface area contributed by atoms with Crippen LogP contribution >= 0.6 is 0 Å². The number of amides is 1. The number of carboxylic acids is 1. The molecule has 3 heterocycles. The summed E-state index contributed by atoms with van der Waals surface area (Å²) in [5.41, 5.74) is 1.36. The molecule has 0 atom stereocenters. The molecule has 2 aliphatic heterocycles. The van der Waals surface area contributed by atoms with Gasteiger partial charge in [-0.2, -0.15) is 18.3 Å². The number of piperidine rings is 2. The molecular formula is C19H27F3N4O4. The molecule has 30 heavy (non-hydrogen) atoms. The minimum absolute atomic E-state index is 0.120. The summed E-state index contributed by atoms with van der Waals surface area (Å²) < 4.78 is 36.7. The van der Waals surface area contributed by atoms with E-state index in [1.807, 2.05) is 17.9 Å². The highest BCUT2D eigenvalue weighted by atomic mass is 19.4. The van der Waals surface area contributed by atoms with Crippen LogP contribution in [0, 0.1) is 12.3 Å². The molecule has 3 rings (SSSR count). The van der Waals surface area contributed by atoms with E-state index >= 15 is 0 Å². The second kappa shape index (κ2) is 10.1. The molecule has 1 spiro atoms. The molecule has 1 N–H and O–H groups in total. The number of nitrogens with zero attached hydrogens (tertiary/aromatic N) is 4. The fourth-order valence-electron chi connectivity index (χ4n) is 3.72. The van der Waals surface area contributed by atoms with Crippen molar-refractivity contribution in [3.05, 3.63) is 17.8 Å². The van der Waals surface area contributed by atoms with Gasteiger partial charge < -0.3 is 19.6 Å². The number of halogens is 3. The zero-order valence-electron chi connectivity index (χ0n) is 17.1. The topological polar surface area (TPSA) is 95.9 Å². The molecule has 11 heteroatoms. The maximum absolute atomic E-state index is 11.9. The van der Waals surface area contributed by atoms with Crippen molar-refractivity contribution < 1.29 is 32.6 Å². The molecule has 0 radical (unpaired) electrons. The molecule has 0 aliphatic carbocycles. The van der Waals surface area contributed by atoms with E-state index in [-0.39, 0.29) is 12.5 Å². The Bertz CT molecular complexity index is 709. The predicted octanol–water partition coefficient (Wildman–Crippen LogP) is 2.27. The molecule has 0 saturated carbocycles. The number of carbonyl (C=O) groups is 2. The lowest BCUT2D eigenvalue weighted by Gasteiger charge is -2.47. The molecule has 0 aromatic carbocycles. The first kappa shape index (κ1) is 23.8. The zero-order chi connectivity index (χ0) is 22.4. The van der Waals surface area contributed by atoms with Gasteiger partial charge >= 0.3 is 12.1 Å². The van der Waals surface area contributed by atoms with Crippen LogP contribution in [0.3, 0.4) is 0 Å². The summed E-state index contributed by atoms with van der Waals surface area (Å²) in [5.74, 6) is -1.65. The molecule has 0 bridgehead atoms. The van der Waals surface area contributed by atoms with Crippen LogP contribution in [0.2, 0.25) is 0 Å². The summed E-state index contributed by atoms with van der Waals surface area (Å²) in [6, 6.07) is 4.08. The van der Waals surface area contributed by atoms with Crippen molar-refractivity contribution in [3.8, 4) is 0 Å². The Balaban J connectivity index is 0.000000396. The van der Waals surface area contributed by atoms with Gasteiger partial charge in [-0.1, -0.05) is 0 Å². The smallest absolute Gasteiger partial charge is 0.475 e. The quantitative estimate of drug-likeness (QED) is 0.783. The minimum Gasteiger partial charge on any atom is -0.475 e. The van der Waals surface area contributed by atoms with Crippen LogP contribution < -0.4 is 4.90 Å². The fourth-order valence-corrected chi connectivity index (χ4v) is 3.72. The summed E-state index contributed by atoms with van der Waals surface area (Å²) >= 11 is 0. The van der Waals surface area contributed by atoms with Crippen molar-refractivity contribution in [2.75, 3.05) is 44.8 Å². The van der Waals surface area contributed by atoms with Crippen molar-refractivity contribution in [3.63, 3.8) is 0 Å². The lowest BCUT2D eigenvalue weighted by molar-refractivity contribution is -0.192. The second-order valence-corrected chi connectivity index (χ2v) is 7.64. The molecule has 8 nitrogen and oxygen atoms in total. The van der Waals surface area contributed by atoms with Gasteiger partial charge in [0.15, 0.2) is 5.82 Å². The molecule has 2 saturated heterocycles. The number of hydrogen-bond acceptors (Lipinski definition) is 6. The Hall–Kier alpha value is -2.43. The van der Waals surface area contributed by atoms with Crippen molar-refractivity contribution in [2.24, 2.45) is 5.41 Å². The van der Waals surface area contributed by atoms with Gasteiger partial charge in [-0.05, 0) is 50.2 Å². The van der Waals surface area contributed by atoms with E-state index in [2.05, 4.69) is 21.2 Å². The number of aliphatic carboxylic acids is 1. The monoisotopic (exact) mass is 432 g/mol. The number of ether oxygens (including phenoxy) is 1. The molecule has 2 fully saturated rings. The van der Waals surface area contributed by atoms with Crippen molar-refractivity contribution >= 4 is 17.7 Å². The van der Waals surface area contributed by atoms with Crippen molar-refractivity contribution in [2.45, 2.75) is 38.8 Å². The highest BCUT2D eigenvalue weighted by molar-refractivity contribution is 5.77. The van der Waals surface area contributed by atoms with Crippen LogP contribution in [-0.2, 0) is 14.3 Å². The summed E-state index contributed by atoms with van der Waals surface area (Å²) in [7, 11) is 1.58. The van der Waals surface area contributed by atoms with Gasteiger partial charge in [0.2, 0.25) is 5.91 Å². The highest BCUT2D eigenvalue weighted by Crippen LogP contribution is 2.41. The highest BCUT2D eigenvalue weighted by Gasteiger charge is 2.39. The Morgan fingerprint density at radius 2 is 1.63 bits per heavy atom. The van der Waals surface area contributed by atoms with E-state index in [1.54, 1.807) is 7.11 Å². The fraction of sp³-hybridized carbons (Fsp3) is 0.684. The number of aromatic nitrogens is 2. The lowest BCUT2D eigenvalue weighted by atomic mass is 9.71. The number of hydrogen-bond donors (Lipinski definition) is 1. The van der Waals surface area contributed by atoms with Gasteiger partial charge in [-0.3, -0.25) is 4.79 Å². The van der Waals surface area contributed by atoms with E-state index in [1.165, 1.54) is 12.8 Å². The van der Waals surface area contributed by atoms with E-state index < -0.39 is 12.1 Å². The van der Waals surface area contributed by atoms with Gasteiger partial charge in [-0.15, -0.1) is 5.10 Å². The standard InChI is InChI=1S/C17H26N4O2.C2HF3O2/c1-14-3-4-15(19-18-14)20-9-5-17(6-10-20)7-11-21(12-8-17)16(22)13-23-2;3-2(4,5)1(6)7/h3-4H,5-13H2,1-2H3;(H,6,7). The first-order chi connectivity index (χ1) is 14.1. The number of methoxy groups -OCH3 is 1. The summed E-state index contributed by atoms with van der Waals surface area (Å²) in [6.45, 7) is 5.96. The SMILES string of the molecule is COCC(=O)N1CCC2(CC1)CCN(c1ccc(C)nn1)CC2.O=C(O)C(F)(F)F. The molecule has 1 amide bonds. The van der Waals surface area contributed by atoms with Crippen LogP contribution in [-0.4, -0.2) is 78.2 Å². The zero-order valence-corrected chi connectivity index (χ0v) is 17.1. The van der Waals surface area contributed by atoms with Crippen LogP contribution in [0.4, 0.5) is 19.0 Å². The largest absolute Gasteiger partial charge is 0.490 e. The van der Waals surface area contributed by atoms with Gasteiger partial charge in [0, 0.05) is 33.3 Å². The van der Waals surface area contributed by atoms with Gasteiger partial charge in [0.1, 0.15) is 6.61 Å². The number of aryl methyl sites for hydroxylation is 1. The number of rotatable bonds is 3. The van der Waals surface area contributed by atoms with Gasteiger partial charge in [0.25, 0.3) is 0 Å².